The third-order valence-electron chi connectivity index (χ3n) is 1.93. The normalized spacial score (nSPS) is 10.6. The van der Waals surface area contributed by atoms with Gasteiger partial charge in [-0.05, 0) is 0 Å². The first kappa shape index (κ1) is 8.82. The van der Waals surface area contributed by atoms with Crippen LogP contribution in [-0.4, -0.2) is 19.5 Å². The molecular weight excluding hydrogens is 204 g/mol. The van der Waals surface area contributed by atoms with Gasteiger partial charge in [-0.2, -0.15) is 0 Å². The summed E-state index contributed by atoms with van der Waals surface area (Å²) in [4.78, 5) is 16.8. The number of aromatic nitrogens is 3. The number of nitro groups is 1. The van der Waals surface area contributed by atoms with E-state index < -0.39 is 4.92 Å². The molecule has 0 saturated carbocycles. The first-order valence-corrected chi connectivity index (χ1v) is 4.19. The lowest BCUT2D eigenvalue weighted by Gasteiger charge is -1.96. The summed E-state index contributed by atoms with van der Waals surface area (Å²) in [6.07, 6.45) is 2.79. The number of hydrogen-bond donors (Lipinski definition) is 1. The Labute approximate surface area is 83.3 Å². The number of rotatable bonds is 1. The Morgan fingerprint density at radius 3 is 3.07 bits per heavy atom. The van der Waals surface area contributed by atoms with Gasteiger partial charge in [0, 0.05) is 7.05 Å². The molecule has 0 unspecified atom stereocenters. The first-order valence-electron chi connectivity index (χ1n) is 3.78. The molecule has 0 aliphatic heterocycles. The number of pyridine rings is 1. The topological polar surface area (TPSA) is 76.8 Å². The summed E-state index contributed by atoms with van der Waals surface area (Å²) in [6.45, 7) is 0. The molecule has 2 aromatic rings. The largest absolute Gasteiger partial charge is 0.345 e. The Balaban J connectivity index is 3.00. The van der Waals surface area contributed by atoms with Gasteiger partial charge in [0.1, 0.15) is 10.2 Å². The molecule has 0 fully saturated rings. The van der Waals surface area contributed by atoms with Crippen LogP contribution < -0.4 is 0 Å². The molecule has 1 N–H and O–H groups in total. The van der Waals surface area contributed by atoms with E-state index in [4.69, 9.17) is 12.2 Å². The second-order valence-corrected chi connectivity index (χ2v) is 3.22. The van der Waals surface area contributed by atoms with Crippen molar-refractivity contribution < 1.29 is 4.92 Å². The van der Waals surface area contributed by atoms with Crippen molar-refractivity contribution in [3.8, 4) is 0 Å². The maximum atomic E-state index is 10.7. The summed E-state index contributed by atoms with van der Waals surface area (Å²) in [5, 5.41) is 10.7. The zero-order chi connectivity index (χ0) is 10.3. The van der Waals surface area contributed by atoms with Crippen molar-refractivity contribution in [3.05, 3.63) is 27.3 Å². The highest BCUT2D eigenvalue weighted by Gasteiger charge is 2.16. The Kier molecular flexibility index (Phi) is 1.81. The monoisotopic (exact) mass is 210 g/mol. The Morgan fingerprint density at radius 1 is 1.71 bits per heavy atom. The minimum absolute atomic E-state index is 0.0198. The third kappa shape index (κ3) is 1.10. The molecule has 0 aliphatic carbocycles. The van der Waals surface area contributed by atoms with Crippen molar-refractivity contribution >= 4 is 28.9 Å². The number of H-pyrrole nitrogens is 1. The van der Waals surface area contributed by atoms with E-state index in [2.05, 4.69) is 9.97 Å². The fourth-order valence-electron chi connectivity index (χ4n) is 1.31. The zero-order valence-corrected chi connectivity index (χ0v) is 8.04. The minimum Gasteiger partial charge on any atom is -0.345 e. The van der Waals surface area contributed by atoms with Crippen LogP contribution in [0.25, 0.3) is 11.0 Å². The van der Waals surface area contributed by atoms with Crippen LogP contribution in [0, 0.1) is 14.8 Å². The van der Waals surface area contributed by atoms with Crippen LogP contribution in [0.2, 0.25) is 0 Å². The molecule has 72 valence electrons. The molecule has 0 saturated heterocycles. The number of aromatic amines is 1. The molecule has 0 aromatic carbocycles. The van der Waals surface area contributed by atoms with Gasteiger partial charge in [0.05, 0.1) is 17.4 Å². The van der Waals surface area contributed by atoms with Crippen LogP contribution in [0.5, 0.6) is 0 Å². The molecule has 0 radical (unpaired) electrons. The lowest BCUT2D eigenvalue weighted by molar-refractivity contribution is -0.383. The van der Waals surface area contributed by atoms with Gasteiger partial charge in [-0.1, -0.05) is 12.2 Å². The summed E-state index contributed by atoms with van der Waals surface area (Å²) < 4.78 is 1.99. The first-order chi connectivity index (χ1) is 6.61. The van der Waals surface area contributed by atoms with Crippen molar-refractivity contribution in [2.24, 2.45) is 7.05 Å². The fraction of sp³-hybridized carbons (Fsp3) is 0.143. The number of imidazole rings is 1. The lowest BCUT2D eigenvalue weighted by atomic mass is 10.3. The van der Waals surface area contributed by atoms with E-state index in [1.807, 2.05) is 0 Å². The molecule has 2 rings (SSSR count). The molecular formula is C7H6N4O2S. The maximum Gasteiger partial charge on any atom is 0.311 e. The molecule has 0 bridgehead atoms. The van der Waals surface area contributed by atoms with E-state index >= 15 is 0 Å². The van der Waals surface area contributed by atoms with E-state index in [-0.39, 0.29) is 5.69 Å². The molecule has 2 heterocycles. The molecule has 7 heteroatoms. The average Bonchev–Trinajstić information content (AvgIpc) is 2.50. The van der Waals surface area contributed by atoms with Crippen molar-refractivity contribution in [1.82, 2.24) is 14.5 Å². The van der Waals surface area contributed by atoms with E-state index in [9.17, 15) is 10.1 Å². The van der Waals surface area contributed by atoms with Crippen molar-refractivity contribution in [2.75, 3.05) is 0 Å². The Bertz CT molecular complexity index is 571. The van der Waals surface area contributed by atoms with E-state index in [0.717, 1.165) is 0 Å². The lowest BCUT2D eigenvalue weighted by Crippen LogP contribution is -1.94. The summed E-state index contributed by atoms with van der Waals surface area (Å²) in [7, 11) is 1.69. The van der Waals surface area contributed by atoms with Gasteiger partial charge in [0.15, 0.2) is 5.52 Å². The molecule has 2 aromatic heterocycles. The summed E-state index contributed by atoms with van der Waals surface area (Å²) >= 11 is 4.96. The number of hydrogen-bond acceptors (Lipinski definition) is 4. The second-order valence-electron chi connectivity index (χ2n) is 2.81. The van der Waals surface area contributed by atoms with Gasteiger partial charge in [-0.25, -0.2) is 4.98 Å². The van der Waals surface area contributed by atoms with Gasteiger partial charge < -0.3 is 9.55 Å². The molecule has 0 aliphatic rings. The number of aryl methyl sites for hydroxylation is 1. The average molecular weight is 210 g/mol. The summed E-state index contributed by atoms with van der Waals surface area (Å²) in [6, 6.07) is 0. The molecule has 0 amide bonds. The SMILES string of the molecule is Cn1cnc2c(=S)[nH]cc([N+](=O)[O-])c21. The fourth-order valence-corrected chi connectivity index (χ4v) is 1.52. The van der Waals surface area contributed by atoms with Crippen molar-refractivity contribution in [3.63, 3.8) is 0 Å². The summed E-state index contributed by atoms with van der Waals surface area (Å²) in [5.41, 5.74) is 0.879. The van der Waals surface area contributed by atoms with E-state index in [1.165, 1.54) is 12.5 Å². The molecule has 0 spiro atoms. The van der Waals surface area contributed by atoms with Crippen LogP contribution in [0.15, 0.2) is 12.5 Å². The van der Waals surface area contributed by atoms with Crippen LogP contribution in [0.3, 0.4) is 0 Å². The predicted molar refractivity (Wildman–Crippen MR) is 52.6 cm³/mol. The van der Waals surface area contributed by atoms with Gasteiger partial charge in [0.25, 0.3) is 0 Å². The summed E-state index contributed by atoms with van der Waals surface area (Å²) in [5.74, 6) is 0. The highest BCUT2D eigenvalue weighted by Crippen LogP contribution is 2.22. The Hall–Kier alpha value is -1.76. The quantitative estimate of drug-likeness (QED) is 0.440. The van der Waals surface area contributed by atoms with Crippen LogP contribution >= 0.6 is 12.2 Å². The van der Waals surface area contributed by atoms with Gasteiger partial charge in [0.2, 0.25) is 0 Å². The van der Waals surface area contributed by atoms with Crippen molar-refractivity contribution in [2.45, 2.75) is 0 Å². The van der Waals surface area contributed by atoms with Crippen LogP contribution in [0.1, 0.15) is 0 Å². The highest BCUT2D eigenvalue weighted by atomic mass is 32.1. The highest BCUT2D eigenvalue weighted by molar-refractivity contribution is 7.71. The molecule has 0 atom stereocenters. The Morgan fingerprint density at radius 2 is 2.43 bits per heavy atom. The number of nitrogens with one attached hydrogen (secondary N) is 1. The van der Waals surface area contributed by atoms with Gasteiger partial charge >= 0.3 is 5.69 Å². The smallest absolute Gasteiger partial charge is 0.311 e. The number of nitrogens with zero attached hydrogens (tertiary/aromatic N) is 3. The minimum atomic E-state index is -0.463. The third-order valence-corrected chi connectivity index (χ3v) is 2.24. The van der Waals surface area contributed by atoms with Crippen LogP contribution in [-0.2, 0) is 7.05 Å². The van der Waals surface area contributed by atoms with Gasteiger partial charge in [-0.15, -0.1) is 0 Å². The molecule has 14 heavy (non-hydrogen) atoms. The van der Waals surface area contributed by atoms with Crippen LogP contribution in [0.4, 0.5) is 5.69 Å². The van der Waals surface area contributed by atoms with Crippen molar-refractivity contribution in [1.29, 1.82) is 0 Å². The number of fused-ring (bicyclic) bond motifs is 1. The predicted octanol–water partition coefficient (Wildman–Crippen LogP) is 1.54. The standard InChI is InChI=1S/C7H6N4O2S/c1-10-3-9-5-6(10)4(11(12)13)2-8-7(5)14/h2-3H,1H3,(H,8,14). The van der Waals surface area contributed by atoms with E-state index in [1.54, 1.807) is 11.6 Å². The van der Waals surface area contributed by atoms with Gasteiger partial charge in [-0.3, -0.25) is 10.1 Å². The second kappa shape index (κ2) is 2.88. The zero-order valence-electron chi connectivity index (χ0n) is 7.22. The van der Waals surface area contributed by atoms with E-state index in [0.29, 0.717) is 15.7 Å². The maximum absolute atomic E-state index is 10.7. The molecule has 6 nitrogen and oxygen atoms in total.